The number of nitrogens with one attached hydrogen (secondary N) is 2. The van der Waals surface area contributed by atoms with Crippen molar-refractivity contribution in [2.24, 2.45) is 0 Å². The van der Waals surface area contributed by atoms with Crippen molar-refractivity contribution in [3.63, 3.8) is 0 Å². The van der Waals surface area contributed by atoms with E-state index in [1.165, 1.54) is 6.26 Å². The summed E-state index contributed by atoms with van der Waals surface area (Å²) in [6.07, 6.45) is 1.48. The molecule has 0 aliphatic carbocycles. The quantitative estimate of drug-likeness (QED) is 0.680. The molecule has 5 nitrogen and oxygen atoms in total. The second-order valence-electron chi connectivity index (χ2n) is 4.81. The van der Waals surface area contributed by atoms with Crippen molar-refractivity contribution < 1.29 is 14.3 Å². The van der Waals surface area contributed by atoms with Crippen LogP contribution in [0.3, 0.4) is 0 Å². The van der Waals surface area contributed by atoms with E-state index < -0.39 is 0 Å². The van der Waals surface area contributed by atoms with Crippen LogP contribution in [0.5, 0.6) is 0 Å². The molecule has 1 atom stereocenters. The van der Waals surface area contributed by atoms with E-state index in [0.29, 0.717) is 18.8 Å². The fourth-order valence-electron chi connectivity index (χ4n) is 2.04. The van der Waals surface area contributed by atoms with E-state index in [9.17, 15) is 4.79 Å². The topological polar surface area (TPSA) is 74.5 Å². The maximum atomic E-state index is 11.6. The summed E-state index contributed by atoms with van der Waals surface area (Å²) in [5, 5.41) is 15.2. The van der Waals surface area contributed by atoms with Gasteiger partial charge in [0.15, 0.2) is 5.76 Å². The molecule has 0 saturated carbocycles. The molecule has 0 aliphatic rings. The Kier molecular flexibility index (Phi) is 5.54. The molecular weight excluding hydrogens is 268 g/mol. The van der Waals surface area contributed by atoms with Crippen molar-refractivity contribution in [3.8, 4) is 0 Å². The van der Waals surface area contributed by atoms with Crippen LogP contribution in [-0.4, -0.2) is 24.1 Å². The van der Waals surface area contributed by atoms with Crippen molar-refractivity contribution in [2.45, 2.75) is 19.6 Å². The predicted octanol–water partition coefficient (Wildman–Crippen LogP) is 1.85. The van der Waals surface area contributed by atoms with Crippen molar-refractivity contribution in [1.82, 2.24) is 10.6 Å². The summed E-state index contributed by atoms with van der Waals surface area (Å²) < 4.78 is 5.01. The monoisotopic (exact) mass is 288 g/mol. The third-order valence-electron chi connectivity index (χ3n) is 3.24. The largest absolute Gasteiger partial charge is 0.459 e. The second-order valence-corrected chi connectivity index (χ2v) is 4.81. The first-order valence-electron chi connectivity index (χ1n) is 6.95. The van der Waals surface area contributed by atoms with Crippen LogP contribution < -0.4 is 10.6 Å². The Morgan fingerprint density at radius 3 is 2.86 bits per heavy atom. The Hall–Kier alpha value is -2.11. The van der Waals surface area contributed by atoms with Gasteiger partial charge >= 0.3 is 0 Å². The molecule has 0 aliphatic heterocycles. The van der Waals surface area contributed by atoms with Crippen molar-refractivity contribution in [1.29, 1.82) is 0 Å². The molecule has 0 saturated heterocycles. The summed E-state index contributed by atoms with van der Waals surface area (Å²) in [5.41, 5.74) is 2.01. The molecule has 2 rings (SSSR count). The fourth-order valence-corrected chi connectivity index (χ4v) is 2.04. The summed E-state index contributed by atoms with van der Waals surface area (Å²) in [5.74, 6) is 0.107. The molecule has 1 aromatic heterocycles. The standard InChI is InChI=1S/C16H20N2O3/c1-12(14-5-2-4-13(10-14)11-19)17-7-8-18-16(20)15-6-3-9-21-15/h2-6,9-10,12,17,19H,7-8,11H2,1H3,(H,18,20). The van der Waals surface area contributed by atoms with Gasteiger partial charge in [0, 0.05) is 19.1 Å². The lowest BCUT2D eigenvalue weighted by molar-refractivity contribution is 0.0926. The summed E-state index contributed by atoms with van der Waals surface area (Å²) in [4.78, 5) is 11.6. The fraction of sp³-hybridized carbons (Fsp3) is 0.312. The third-order valence-corrected chi connectivity index (χ3v) is 3.24. The molecule has 0 spiro atoms. The highest BCUT2D eigenvalue weighted by atomic mass is 16.3. The Balaban J connectivity index is 1.74. The van der Waals surface area contributed by atoms with Gasteiger partial charge in [0.25, 0.3) is 5.91 Å². The Labute approximate surface area is 124 Å². The number of amides is 1. The van der Waals surface area contributed by atoms with E-state index in [4.69, 9.17) is 9.52 Å². The van der Waals surface area contributed by atoms with Crippen molar-refractivity contribution in [2.75, 3.05) is 13.1 Å². The lowest BCUT2D eigenvalue weighted by Gasteiger charge is -2.15. The zero-order chi connectivity index (χ0) is 15.1. The molecule has 0 radical (unpaired) electrons. The van der Waals surface area contributed by atoms with Crippen LogP contribution in [0.2, 0.25) is 0 Å². The normalized spacial score (nSPS) is 12.1. The van der Waals surface area contributed by atoms with E-state index >= 15 is 0 Å². The van der Waals surface area contributed by atoms with E-state index in [1.807, 2.05) is 31.2 Å². The minimum Gasteiger partial charge on any atom is -0.459 e. The van der Waals surface area contributed by atoms with Gasteiger partial charge in [-0.2, -0.15) is 0 Å². The number of carbonyl (C=O) groups excluding carboxylic acids is 1. The number of rotatable bonds is 7. The smallest absolute Gasteiger partial charge is 0.287 e. The van der Waals surface area contributed by atoms with E-state index in [0.717, 1.165) is 11.1 Å². The molecule has 3 N–H and O–H groups in total. The molecule has 0 bridgehead atoms. The van der Waals surface area contributed by atoms with Gasteiger partial charge in [-0.15, -0.1) is 0 Å². The zero-order valence-corrected chi connectivity index (χ0v) is 12.0. The molecule has 1 amide bonds. The van der Waals surface area contributed by atoms with Crippen LogP contribution in [0.25, 0.3) is 0 Å². The molecule has 21 heavy (non-hydrogen) atoms. The Morgan fingerprint density at radius 1 is 1.29 bits per heavy atom. The molecular formula is C16H20N2O3. The molecule has 1 heterocycles. The van der Waals surface area contributed by atoms with Gasteiger partial charge < -0.3 is 20.2 Å². The summed E-state index contributed by atoms with van der Waals surface area (Å²) in [7, 11) is 0. The summed E-state index contributed by atoms with van der Waals surface area (Å²) >= 11 is 0. The SMILES string of the molecule is CC(NCCNC(=O)c1ccco1)c1cccc(CO)c1. The molecule has 112 valence electrons. The van der Waals surface area contributed by atoms with Crippen LogP contribution in [0, 0.1) is 0 Å². The maximum absolute atomic E-state index is 11.6. The molecule has 1 aromatic carbocycles. The van der Waals surface area contributed by atoms with Gasteiger partial charge in [-0.3, -0.25) is 4.79 Å². The van der Waals surface area contributed by atoms with Crippen LogP contribution in [0.1, 0.15) is 34.6 Å². The Bertz CT molecular complexity index is 567. The summed E-state index contributed by atoms with van der Waals surface area (Å²) in [6.45, 7) is 3.26. The highest BCUT2D eigenvalue weighted by Crippen LogP contribution is 2.13. The number of furan rings is 1. The van der Waals surface area contributed by atoms with Crippen molar-refractivity contribution in [3.05, 3.63) is 59.5 Å². The van der Waals surface area contributed by atoms with Crippen LogP contribution >= 0.6 is 0 Å². The first kappa shape index (κ1) is 15.3. The van der Waals surface area contributed by atoms with Crippen LogP contribution in [-0.2, 0) is 6.61 Å². The van der Waals surface area contributed by atoms with E-state index in [1.54, 1.807) is 12.1 Å². The summed E-state index contributed by atoms with van der Waals surface area (Å²) in [6, 6.07) is 11.3. The number of hydrogen-bond acceptors (Lipinski definition) is 4. The zero-order valence-electron chi connectivity index (χ0n) is 12.0. The number of carbonyl (C=O) groups is 1. The van der Waals surface area contributed by atoms with E-state index in [-0.39, 0.29) is 18.6 Å². The molecule has 0 fully saturated rings. The molecule has 2 aromatic rings. The van der Waals surface area contributed by atoms with Gasteiger partial charge in [0.05, 0.1) is 12.9 Å². The highest BCUT2D eigenvalue weighted by Gasteiger charge is 2.08. The van der Waals surface area contributed by atoms with E-state index in [2.05, 4.69) is 10.6 Å². The minimum absolute atomic E-state index is 0.0414. The number of aliphatic hydroxyl groups is 1. The van der Waals surface area contributed by atoms with Gasteiger partial charge in [-0.05, 0) is 30.2 Å². The third kappa shape index (κ3) is 4.44. The Morgan fingerprint density at radius 2 is 2.14 bits per heavy atom. The maximum Gasteiger partial charge on any atom is 0.287 e. The van der Waals surface area contributed by atoms with Crippen molar-refractivity contribution >= 4 is 5.91 Å². The molecule has 1 unspecified atom stereocenters. The average molecular weight is 288 g/mol. The second kappa shape index (κ2) is 7.61. The highest BCUT2D eigenvalue weighted by molar-refractivity contribution is 5.91. The van der Waals surface area contributed by atoms with Gasteiger partial charge in [0.2, 0.25) is 0 Å². The van der Waals surface area contributed by atoms with Gasteiger partial charge in [-0.25, -0.2) is 0 Å². The van der Waals surface area contributed by atoms with Crippen LogP contribution in [0.15, 0.2) is 47.1 Å². The van der Waals surface area contributed by atoms with Crippen LogP contribution in [0.4, 0.5) is 0 Å². The molecule has 5 heteroatoms. The first-order chi connectivity index (χ1) is 10.2. The number of hydrogen-bond donors (Lipinski definition) is 3. The van der Waals surface area contributed by atoms with Gasteiger partial charge in [-0.1, -0.05) is 24.3 Å². The van der Waals surface area contributed by atoms with Gasteiger partial charge in [0.1, 0.15) is 0 Å². The lowest BCUT2D eigenvalue weighted by atomic mass is 10.1. The average Bonchev–Trinajstić information content (AvgIpc) is 3.05. The number of benzene rings is 1. The lowest BCUT2D eigenvalue weighted by Crippen LogP contribution is -2.32. The minimum atomic E-state index is -0.211. The number of aliphatic hydroxyl groups excluding tert-OH is 1. The predicted molar refractivity (Wildman–Crippen MR) is 79.8 cm³/mol. The first-order valence-corrected chi connectivity index (χ1v) is 6.95.